The molecular weight excluding hydrogens is 234 g/mol. The predicted octanol–water partition coefficient (Wildman–Crippen LogP) is 3.85. The van der Waals surface area contributed by atoms with Crippen LogP contribution in [0.4, 0.5) is 0 Å². The van der Waals surface area contributed by atoms with Crippen molar-refractivity contribution in [3.05, 3.63) is 29.3 Å². The molecule has 0 bridgehead atoms. The van der Waals surface area contributed by atoms with Gasteiger partial charge in [0.15, 0.2) is 0 Å². The third kappa shape index (κ3) is 4.24. The second-order valence-electron chi connectivity index (χ2n) is 5.82. The van der Waals surface area contributed by atoms with Crippen molar-refractivity contribution >= 4 is 0 Å². The van der Waals surface area contributed by atoms with Gasteiger partial charge in [0.1, 0.15) is 5.75 Å². The van der Waals surface area contributed by atoms with Crippen LogP contribution in [0.1, 0.15) is 43.7 Å². The molecule has 1 aliphatic carbocycles. The van der Waals surface area contributed by atoms with Gasteiger partial charge in [0.25, 0.3) is 0 Å². The Morgan fingerprint density at radius 2 is 1.89 bits per heavy atom. The average Bonchev–Trinajstić information content (AvgIpc) is 2.76. The SMILES string of the molecule is CCNC1CCCC1CCOc1cc(C)cc(C)c1. The zero-order valence-corrected chi connectivity index (χ0v) is 12.5. The summed E-state index contributed by atoms with van der Waals surface area (Å²) in [6.07, 6.45) is 5.23. The summed E-state index contributed by atoms with van der Waals surface area (Å²) in [5.41, 5.74) is 2.56. The first-order valence-corrected chi connectivity index (χ1v) is 7.63. The molecule has 0 aliphatic heterocycles. The third-order valence-corrected chi connectivity index (χ3v) is 4.08. The molecule has 1 fully saturated rings. The maximum atomic E-state index is 5.93. The number of hydrogen-bond acceptors (Lipinski definition) is 2. The Kier molecular flexibility index (Phi) is 5.26. The molecule has 1 aliphatic rings. The predicted molar refractivity (Wildman–Crippen MR) is 80.8 cm³/mol. The third-order valence-electron chi connectivity index (χ3n) is 4.08. The molecule has 2 heteroatoms. The van der Waals surface area contributed by atoms with Crippen LogP contribution in [0.15, 0.2) is 18.2 Å². The first-order chi connectivity index (χ1) is 9.19. The van der Waals surface area contributed by atoms with Gasteiger partial charge in [-0.2, -0.15) is 0 Å². The van der Waals surface area contributed by atoms with E-state index in [1.807, 2.05) is 0 Å². The van der Waals surface area contributed by atoms with E-state index in [2.05, 4.69) is 44.3 Å². The standard InChI is InChI=1S/C17H27NO/c1-4-18-17-7-5-6-15(17)8-9-19-16-11-13(2)10-14(3)12-16/h10-12,15,17-18H,4-9H2,1-3H3. The normalized spacial score (nSPS) is 22.7. The maximum absolute atomic E-state index is 5.93. The number of hydrogen-bond donors (Lipinski definition) is 1. The number of nitrogens with one attached hydrogen (secondary N) is 1. The Hall–Kier alpha value is -1.02. The van der Waals surface area contributed by atoms with E-state index in [4.69, 9.17) is 4.74 Å². The molecule has 1 aromatic rings. The van der Waals surface area contributed by atoms with E-state index < -0.39 is 0 Å². The summed E-state index contributed by atoms with van der Waals surface area (Å²) in [6.45, 7) is 8.37. The lowest BCUT2D eigenvalue weighted by Gasteiger charge is -2.20. The highest BCUT2D eigenvalue weighted by Gasteiger charge is 2.25. The van der Waals surface area contributed by atoms with Crippen molar-refractivity contribution in [3.8, 4) is 5.75 Å². The van der Waals surface area contributed by atoms with Gasteiger partial charge in [-0.15, -0.1) is 0 Å². The van der Waals surface area contributed by atoms with Crippen molar-refractivity contribution in [1.29, 1.82) is 0 Å². The fraction of sp³-hybridized carbons (Fsp3) is 0.647. The summed E-state index contributed by atoms with van der Waals surface area (Å²) >= 11 is 0. The fourth-order valence-electron chi connectivity index (χ4n) is 3.26. The molecule has 1 aromatic carbocycles. The van der Waals surface area contributed by atoms with Gasteiger partial charge in [-0.1, -0.05) is 19.4 Å². The zero-order chi connectivity index (χ0) is 13.7. The maximum Gasteiger partial charge on any atom is 0.119 e. The number of aryl methyl sites for hydroxylation is 2. The van der Waals surface area contributed by atoms with Crippen LogP contribution in [0.5, 0.6) is 5.75 Å². The van der Waals surface area contributed by atoms with Gasteiger partial charge in [-0.25, -0.2) is 0 Å². The zero-order valence-electron chi connectivity index (χ0n) is 12.5. The molecule has 1 saturated carbocycles. The van der Waals surface area contributed by atoms with Crippen LogP contribution in [-0.4, -0.2) is 19.2 Å². The molecule has 2 unspecified atom stereocenters. The van der Waals surface area contributed by atoms with E-state index in [0.717, 1.165) is 24.8 Å². The number of benzene rings is 1. The molecule has 0 aromatic heterocycles. The molecule has 0 saturated heterocycles. The van der Waals surface area contributed by atoms with E-state index in [1.165, 1.54) is 36.8 Å². The molecule has 2 atom stereocenters. The van der Waals surface area contributed by atoms with Gasteiger partial charge in [-0.3, -0.25) is 0 Å². The van der Waals surface area contributed by atoms with E-state index in [9.17, 15) is 0 Å². The van der Waals surface area contributed by atoms with Crippen LogP contribution < -0.4 is 10.1 Å². The van der Waals surface area contributed by atoms with Crippen LogP contribution in [0.3, 0.4) is 0 Å². The summed E-state index contributed by atoms with van der Waals surface area (Å²) in [6, 6.07) is 7.16. The summed E-state index contributed by atoms with van der Waals surface area (Å²) in [4.78, 5) is 0. The summed E-state index contributed by atoms with van der Waals surface area (Å²) in [5, 5.41) is 3.61. The lowest BCUT2D eigenvalue weighted by molar-refractivity contribution is 0.261. The minimum Gasteiger partial charge on any atom is -0.494 e. The summed E-state index contributed by atoms with van der Waals surface area (Å²) < 4.78 is 5.93. The van der Waals surface area contributed by atoms with Crippen LogP contribution in [-0.2, 0) is 0 Å². The minimum atomic E-state index is 0.716. The second kappa shape index (κ2) is 6.95. The minimum absolute atomic E-state index is 0.716. The van der Waals surface area contributed by atoms with E-state index in [1.54, 1.807) is 0 Å². The van der Waals surface area contributed by atoms with E-state index in [0.29, 0.717) is 6.04 Å². The van der Waals surface area contributed by atoms with Gasteiger partial charge in [0.2, 0.25) is 0 Å². The van der Waals surface area contributed by atoms with Crippen molar-refractivity contribution in [2.75, 3.05) is 13.2 Å². The topological polar surface area (TPSA) is 21.3 Å². The number of rotatable bonds is 6. The molecule has 0 heterocycles. The van der Waals surface area contributed by atoms with E-state index >= 15 is 0 Å². The molecule has 2 rings (SSSR count). The van der Waals surface area contributed by atoms with Gasteiger partial charge in [0, 0.05) is 6.04 Å². The molecule has 2 nitrogen and oxygen atoms in total. The quantitative estimate of drug-likeness (QED) is 0.840. The first kappa shape index (κ1) is 14.4. The lowest BCUT2D eigenvalue weighted by atomic mass is 10.00. The van der Waals surface area contributed by atoms with Crippen molar-refractivity contribution in [2.45, 2.75) is 52.5 Å². The summed E-state index contributed by atoms with van der Waals surface area (Å²) in [7, 11) is 0. The Bertz CT molecular complexity index is 382. The van der Waals surface area contributed by atoms with Gasteiger partial charge in [-0.05, 0) is 68.8 Å². The largest absolute Gasteiger partial charge is 0.494 e. The van der Waals surface area contributed by atoms with Crippen molar-refractivity contribution in [3.63, 3.8) is 0 Å². The van der Waals surface area contributed by atoms with Crippen molar-refractivity contribution in [1.82, 2.24) is 5.32 Å². The molecule has 19 heavy (non-hydrogen) atoms. The first-order valence-electron chi connectivity index (χ1n) is 7.63. The highest BCUT2D eigenvalue weighted by atomic mass is 16.5. The second-order valence-corrected chi connectivity index (χ2v) is 5.82. The molecule has 0 amide bonds. The molecule has 0 spiro atoms. The van der Waals surface area contributed by atoms with Crippen LogP contribution >= 0.6 is 0 Å². The van der Waals surface area contributed by atoms with Crippen molar-refractivity contribution < 1.29 is 4.74 Å². The Labute approximate surface area is 117 Å². The van der Waals surface area contributed by atoms with Crippen LogP contribution in [0.2, 0.25) is 0 Å². The van der Waals surface area contributed by atoms with Gasteiger partial charge >= 0.3 is 0 Å². The molecular formula is C17H27NO. The van der Waals surface area contributed by atoms with Crippen molar-refractivity contribution in [2.24, 2.45) is 5.92 Å². The van der Waals surface area contributed by atoms with Crippen LogP contribution in [0.25, 0.3) is 0 Å². The fourth-order valence-corrected chi connectivity index (χ4v) is 3.26. The Balaban J connectivity index is 1.79. The highest BCUT2D eigenvalue weighted by Crippen LogP contribution is 2.28. The monoisotopic (exact) mass is 261 g/mol. The van der Waals surface area contributed by atoms with Gasteiger partial charge in [0.05, 0.1) is 6.61 Å². The average molecular weight is 261 g/mol. The van der Waals surface area contributed by atoms with Crippen LogP contribution in [0, 0.1) is 19.8 Å². The Morgan fingerprint density at radius 3 is 2.58 bits per heavy atom. The van der Waals surface area contributed by atoms with Gasteiger partial charge < -0.3 is 10.1 Å². The Morgan fingerprint density at radius 1 is 1.16 bits per heavy atom. The highest BCUT2D eigenvalue weighted by molar-refractivity contribution is 5.32. The van der Waals surface area contributed by atoms with E-state index in [-0.39, 0.29) is 0 Å². The summed E-state index contributed by atoms with van der Waals surface area (Å²) in [5.74, 6) is 1.82. The molecule has 106 valence electrons. The molecule has 1 N–H and O–H groups in total. The number of ether oxygens (including phenoxy) is 1. The lowest BCUT2D eigenvalue weighted by Crippen LogP contribution is -2.32. The smallest absolute Gasteiger partial charge is 0.119 e. The molecule has 0 radical (unpaired) electrons.